The van der Waals surface area contributed by atoms with Crippen LogP contribution in [0.2, 0.25) is 0 Å². The van der Waals surface area contributed by atoms with Crippen molar-refractivity contribution in [3.63, 3.8) is 0 Å². The number of nitrogens with zero attached hydrogens (tertiary/aromatic N) is 2. The zero-order chi connectivity index (χ0) is 30.3. The molecule has 0 unspecified atom stereocenters. The van der Waals surface area contributed by atoms with Crippen LogP contribution in [0.25, 0.3) is 71.1 Å². The summed E-state index contributed by atoms with van der Waals surface area (Å²) in [6.07, 6.45) is 2.23. The van der Waals surface area contributed by atoms with E-state index in [4.69, 9.17) is 0 Å². The first-order chi connectivity index (χ1) is 21.2. The Morgan fingerprint density at radius 2 is 1.23 bits per heavy atom. The Labute approximate surface area is 258 Å². The third-order valence-electron chi connectivity index (χ3n) is 9.58. The SMILES string of the molecule is Cc1ccc2c(C)c(-c3c4ccc5cc(-n6c7ccccc7c7ccccc76)ccc5c4cc[n+]3C)cc(C(C)(C)C)c2c1. The lowest BCUT2D eigenvalue weighted by Crippen LogP contribution is -2.31. The summed E-state index contributed by atoms with van der Waals surface area (Å²) in [5.74, 6) is 0. The van der Waals surface area contributed by atoms with Crippen LogP contribution in [0, 0.1) is 13.8 Å². The van der Waals surface area contributed by atoms with Crippen LogP contribution in [0.3, 0.4) is 0 Å². The Morgan fingerprint density at radius 1 is 0.568 bits per heavy atom. The highest BCUT2D eigenvalue weighted by atomic mass is 15.0. The van der Waals surface area contributed by atoms with Gasteiger partial charge in [-0.25, -0.2) is 4.57 Å². The van der Waals surface area contributed by atoms with Crippen LogP contribution < -0.4 is 4.57 Å². The van der Waals surface area contributed by atoms with E-state index in [1.165, 1.54) is 87.8 Å². The van der Waals surface area contributed by atoms with Gasteiger partial charge in [0, 0.05) is 27.9 Å². The van der Waals surface area contributed by atoms with Gasteiger partial charge in [0.2, 0.25) is 5.69 Å². The van der Waals surface area contributed by atoms with Crippen molar-refractivity contribution in [1.82, 2.24) is 4.57 Å². The second kappa shape index (κ2) is 9.53. The highest BCUT2D eigenvalue weighted by Crippen LogP contribution is 2.40. The molecule has 0 aliphatic heterocycles. The number of pyridine rings is 1. The molecule has 0 aliphatic rings. The van der Waals surface area contributed by atoms with Crippen LogP contribution >= 0.6 is 0 Å². The molecule has 0 amide bonds. The summed E-state index contributed by atoms with van der Waals surface area (Å²) in [7, 11) is 2.18. The first-order valence-corrected chi connectivity index (χ1v) is 15.6. The summed E-state index contributed by atoms with van der Waals surface area (Å²) in [5.41, 5.74) is 10.3. The van der Waals surface area contributed by atoms with Gasteiger partial charge in [0.15, 0.2) is 6.20 Å². The van der Waals surface area contributed by atoms with Gasteiger partial charge in [0.25, 0.3) is 0 Å². The van der Waals surface area contributed by atoms with Gasteiger partial charge < -0.3 is 4.57 Å². The maximum atomic E-state index is 2.46. The Kier molecular flexibility index (Phi) is 5.77. The molecule has 0 fully saturated rings. The number of aromatic nitrogens is 2. The monoisotopic (exact) mass is 569 g/mol. The van der Waals surface area contributed by atoms with E-state index >= 15 is 0 Å². The summed E-state index contributed by atoms with van der Waals surface area (Å²) in [4.78, 5) is 0. The van der Waals surface area contributed by atoms with Crippen LogP contribution in [0.15, 0.2) is 115 Å². The number of rotatable bonds is 2. The maximum Gasteiger partial charge on any atom is 0.220 e. The van der Waals surface area contributed by atoms with Gasteiger partial charge in [0.1, 0.15) is 7.05 Å². The molecule has 8 aromatic rings. The molecule has 8 rings (SSSR count). The van der Waals surface area contributed by atoms with Crippen molar-refractivity contribution < 1.29 is 4.57 Å². The zero-order valence-corrected chi connectivity index (χ0v) is 26.4. The van der Waals surface area contributed by atoms with Gasteiger partial charge in [-0.1, -0.05) is 93.1 Å². The number of aryl methyl sites for hydroxylation is 3. The highest BCUT2D eigenvalue weighted by molar-refractivity contribution is 6.13. The lowest BCUT2D eigenvalue weighted by molar-refractivity contribution is -0.659. The normalized spacial score (nSPS) is 12.3. The molecular weight excluding hydrogens is 532 g/mol. The second-order valence-corrected chi connectivity index (χ2v) is 13.5. The Balaban J connectivity index is 1.38. The predicted molar refractivity (Wildman–Crippen MR) is 188 cm³/mol. The standard InChI is InChI=1S/C42H37N2/c1-26-15-18-30-27(2)36(25-38(37(30)23-26)42(3,4)5)41-35-19-16-28-24-29(17-20-31(28)32(35)21-22-43(41)6)44-39-13-9-7-11-33(39)34-12-8-10-14-40(34)44/h7-25H,1-6H3/q+1. The average molecular weight is 570 g/mol. The maximum absolute atomic E-state index is 2.46. The molecule has 0 saturated heterocycles. The van der Waals surface area contributed by atoms with Gasteiger partial charge in [0.05, 0.1) is 22.0 Å². The van der Waals surface area contributed by atoms with E-state index in [9.17, 15) is 0 Å². The average Bonchev–Trinajstić information content (AvgIpc) is 3.35. The van der Waals surface area contributed by atoms with Crippen LogP contribution in [0.4, 0.5) is 0 Å². The Hall–Kier alpha value is -4.95. The van der Waals surface area contributed by atoms with Gasteiger partial charge in [-0.05, 0) is 88.3 Å². The third-order valence-corrected chi connectivity index (χ3v) is 9.58. The van der Waals surface area contributed by atoms with Crippen LogP contribution in [0.1, 0.15) is 37.5 Å². The first-order valence-electron chi connectivity index (χ1n) is 15.6. The Morgan fingerprint density at radius 3 is 1.93 bits per heavy atom. The highest BCUT2D eigenvalue weighted by Gasteiger charge is 2.25. The van der Waals surface area contributed by atoms with Crippen molar-refractivity contribution >= 4 is 54.1 Å². The van der Waals surface area contributed by atoms with Gasteiger partial charge in [-0.2, -0.15) is 0 Å². The fourth-order valence-corrected chi connectivity index (χ4v) is 7.40. The minimum atomic E-state index is 0.0214. The number of hydrogen-bond donors (Lipinski definition) is 0. The number of fused-ring (bicyclic) bond motifs is 7. The number of benzene rings is 6. The molecular formula is C42H37N2+. The van der Waals surface area contributed by atoms with E-state index < -0.39 is 0 Å². The molecule has 214 valence electrons. The van der Waals surface area contributed by atoms with E-state index in [1.807, 2.05) is 0 Å². The van der Waals surface area contributed by atoms with Crippen molar-refractivity contribution in [3.05, 3.63) is 132 Å². The molecule has 0 bridgehead atoms. The molecule has 2 nitrogen and oxygen atoms in total. The smallest absolute Gasteiger partial charge is 0.220 e. The fraction of sp³-hybridized carbons (Fsp3) is 0.167. The minimum absolute atomic E-state index is 0.0214. The Bertz CT molecular complexity index is 2400. The second-order valence-electron chi connectivity index (χ2n) is 13.5. The lowest BCUT2D eigenvalue weighted by Gasteiger charge is -2.24. The van der Waals surface area contributed by atoms with Crippen LogP contribution in [0.5, 0.6) is 0 Å². The van der Waals surface area contributed by atoms with Crippen molar-refractivity contribution in [2.45, 2.75) is 40.0 Å². The van der Waals surface area contributed by atoms with Crippen LogP contribution in [-0.4, -0.2) is 4.57 Å². The van der Waals surface area contributed by atoms with E-state index in [0.29, 0.717) is 0 Å². The van der Waals surface area contributed by atoms with E-state index in [1.54, 1.807) is 0 Å². The van der Waals surface area contributed by atoms with Crippen molar-refractivity contribution in [2.24, 2.45) is 7.05 Å². The third kappa shape index (κ3) is 3.90. The molecule has 0 N–H and O–H groups in total. The molecule has 0 radical (unpaired) electrons. The molecule has 2 aromatic heterocycles. The fourth-order valence-electron chi connectivity index (χ4n) is 7.40. The summed E-state index contributed by atoms with van der Waals surface area (Å²) in [5, 5.41) is 10.4. The first kappa shape index (κ1) is 26.7. The molecule has 0 atom stereocenters. The summed E-state index contributed by atoms with van der Waals surface area (Å²) < 4.78 is 4.70. The van der Waals surface area contributed by atoms with E-state index in [-0.39, 0.29) is 5.41 Å². The number of hydrogen-bond acceptors (Lipinski definition) is 0. The lowest BCUT2D eigenvalue weighted by atomic mass is 9.80. The zero-order valence-electron chi connectivity index (χ0n) is 26.4. The molecule has 0 spiro atoms. The van der Waals surface area contributed by atoms with E-state index in [0.717, 1.165) is 0 Å². The molecule has 6 aromatic carbocycles. The predicted octanol–water partition coefficient (Wildman–Crippen LogP) is 10.6. The largest absolute Gasteiger partial charge is 0.309 e. The van der Waals surface area contributed by atoms with Crippen molar-refractivity contribution in [1.29, 1.82) is 0 Å². The van der Waals surface area contributed by atoms with Gasteiger partial charge in [-0.3, -0.25) is 0 Å². The molecule has 0 aliphatic carbocycles. The molecule has 2 heterocycles. The molecule has 0 saturated carbocycles. The molecule has 2 heteroatoms. The van der Waals surface area contributed by atoms with Gasteiger partial charge in [-0.15, -0.1) is 0 Å². The van der Waals surface area contributed by atoms with Crippen molar-refractivity contribution in [3.8, 4) is 16.9 Å². The van der Waals surface area contributed by atoms with Crippen LogP contribution in [-0.2, 0) is 12.5 Å². The topological polar surface area (TPSA) is 8.81 Å². The summed E-state index contributed by atoms with van der Waals surface area (Å²) >= 11 is 0. The minimum Gasteiger partial charge on any atom is -0.309 e. The number of para-hydroxylation sites is 2. The summed E-state index contributed by atoms with van der Waals surface area (Å²) in [6.45, 7) is 11.5. The van der Waals surface area contributed by atoms with E-state index in [2.05, 4.69) is 166 Å². The molecule has 44 heavy (non-hydrogen) atoms. The summed E-state index contributed by atoms with van der Waals surface area (Å²) in [6, 6.07) is 40.7. The quantitative estimate of drug-likeness (QED) is 0.145. The van der Waals surface area contributed by atoms with Gasteiger partial charge >= 0.3 is 0 Å². The van der Waals surface area contributed by atoms with Crippen molar-refractivity contribution in [2.75, 3.05) is 0 Å².